The van der Waals surface area contributed by atoms with Gasteiger partial charge in [-0.3, -0.25) is 9.48 Å². The van der Waals surface area contributed by atoms with Gasteiger partial charge < -0.3 is 10.6 Å². The zero-order valence-corrected chi connectivity index (χ0v) is 17.1. The number of alkyl halides is 3. The van der Waals surface area contributed by atoms with Crippen LogP contribution in [0.2, 0.25) is 0 Å². The first-order chi connectivity index (χ1) is 15.2. The summed E-state index contributed by atoms with van der Waals surface area (Å²) >= 11 is 0. The molecule has 1 saturated heterocycles. The molecule has 168 valence electrons. The van der Waals surface area contributed by atoms with Crippen LogP contribution < -0.4 is 10.6 Å². The van der Waals surface area contributed by atoms with Crippen LogP contribution in [0.1, 0.15) is 37.3 Å². The Hall–Kier alpha value is -3.08. The van der Waals surface area contributed by atoms with Crippen LogP contribution in [0.15, 0.2) is 24.5 Å². The molecule has 2 aliphatic rings. The quantitative estimate of drug-likeness (QED) is 0.599. The minimum atomic E-state index is -3.24. The Kier molecular flexibility index (Phi) is 4.88. The summed E-state index contributed by atoms with van der Waals surface area (Å²) in [7, 11) is 0. The molecule has 1 unspecified atom stereocenters. The summed E-state index contributed by atoms with van der Waals surface area (Å²) in [6, 6.07) is 3.38. The van der Waals surface area contributed by atoms with E-state index >= 15 is 0 Å². The molecule has 0 saturated carbocycles. The number of amides is 1. The Morgan fingerprint density at radius 1 is 1.22 bits per heavy atom. The fourth-order valence-electron chi connectivity index (χ4n) is 4.54. The third-order valence-electron chi connectivity index (χ3n) is 6.07. The summed E-state index contributed by atoms with van der Waals surface area (Å²) < 4.78 is 59.4. The van der Waals surface area contributed by atoms with Crippen molar-refractivity contribution in [3.8, 4) is 11.4 Å². The molecule has 0 aliphatic carbocycles. The zero-order valence-electron chi connectivity index (χ0n) is 17.1. The molecule has 3 aromatic rings. The molecule has 7 nitrogen and oxygen atoms in total. The summed E-state index contributed by atoms with van der Waals surface area (Å²) in [5.74, 6) is -5.88. The molecule has 32 heavy (non-hydrogen) atoms. The largest absolute Gasteiger partial charge is 0.314 e. The predicted octanol–water partition coefficient (Wildman–Crippen LogP) is 3.59. The molecule has 4 heterocycles. The van der Waals surface area contributed by atoms with Crippen LogP contribution in [0.5, 0.6) is 0 Å². The SMILES string of the molecule is CC(F)(F)C1CC(=O)Nc2ncnc(-c3nn([C@H]4CCNC[C@H]4F)c4ccc(F)cc34)c21. The van der Waals surface area contributed by atoms with Gasteiger partial charge in [0.1, 0.15) is 35.5 Å². The molecule has 5 rings (SSSR count). The molecular formula is C21H20F4N6O. The van der Waals surface area contributed by atoms with Gasteiger partial charge in [0.15, 0.2) is 0 Å². The number of carbonyl (C=O) groups excluding carboxylic acids is 1. The van der Waals surface area contributed by atoms with E-state index in [2.05, 4.69) is 25.7 Å². The van der Waals surface area contributed by atoms with E-state index in [0.717, 1.165) is 13.3 Å². The van der Waals surface area contributed by atoms with Crippen molar-refractivity contribution in [3.63, 3.8) is 0 Å². The Bertz CT molecular complexity index is 1210. The molecule has 2 N–H and O–H groups in total. The van der Waals surface area contributed by atoms with Crippen molar-refractivity contribution < 1.29 is 22.4 Å². The molecule has 0 bridgehead atoms. The maximum absolute atomic E-state index is 14.7. The fourth-order valence-corrected chi connectivity index (χ4v) is 4.54. The van der Waals surface area contributed by atoms with Gasteiger partial charge in [-0.25, -0.2) is 27.5 Å². The van der Waals surface area contributed by atoms with Gasteiger partial charge in [0.2, 0.25) is 5.91 Å². The van der Waals surface area contributed by atoms with Crippen molar-refractivity contribution in [1.29, 1.82) is 0 Å². The second-order valence-corrected chi connectivity index (χ2v) is 8.28. The highest BCUT2D eigenvalue weighted by Crippen LogP contribution is 2.46. The third kappa shape index (κ3) is 3.40. The fraction of sp³-hybridized carbons (Fsp3) is 0.429. The smallest absolute Gasteiger partial charge is 0.252 e. The Morgan fingerprint density at radius 3 is 2.78 bits per heavy atom. The van der Waals surface area contributed by atoms with Crippen LogP contribution in [-0.2, 0) is 4.79 Å². The molecule has 2 aliphatic heterocycles. The lowest BCUT2D eigenvalue weighted by Gasteiger charge is -2.30. The first kappa shape index (κ1) is 20.8. The van der Waals surface area contributed by atoms with E-state index in [-0.39, 0.29) is 29.3 Å². The molecule has 3 atom stereocenters. The van der Waals surface area contributed by atoms with Crippen LogP contribution >= 0.6 is 0 Å². The van der Waals surface area contributed by atoms with Crippen LogP contribution in [0, 0.1) is 5.82 Å². The van der Waals surface area contributed by atoms with E-state index in [1.165, 1.54) is 22.9 Å². The molecule has 1 amide bonds. The van der Waals surface area contributed by atoms with Crippen LogP contribution in [0.3, 0.4) is 0 Å². The second-order valence-electron chi connectivity index (χ2n) is 8.28. The minimum absolute atomic E-state index is 0.0258. The molecule has 0 spiro atoms. The monoisotopic (exact) mass is 448 g/mol. The Balaban J connectivity index is 1.76. The molecule has 1 aromatic carbocycles. The van der Waals surface area contributed by atoms with E-state index in [4.69, 9.17) is 0 Å². The van der Waals surface area contributed by atoms with Gasteiger partial charge in [0.05, 0.1) is 17.5 Å². The average molecular weight is 448 g/mol. The standard InChI is InChI=1S/C21H20F4N6O/c1-21(24,25)12-7-16(32)29-20-17(12)19(27-9-28-20)18-11-6-10(22)2-3-14(11)31(30-18)15-4-5-26-8-13(15)23/h2-3,6,9,12-13,15,26H,4-5,7-8H2,1H3,(H,27,28,29,32)/t12?,13-,15+/m1/s1. The second kappa shape index (κ2) is 7.51. The highest BCUT2D eigenvalue weighted by atomic mass is 19.3. The lowest BCUT2D eigenvalue weighted by molar-refractivity contribution is -0.119. The molecular weight excluding hydrogens is 428 g/mol. The summed E-state index contributed by atoms with van der Waals surface area (Å²) in [5, 5.41) is 10.4. The van der Waals surface area contributed by atoms with Gasteiger partial charge in [0, 0.05) is 23.9 Å². The number of rotatable bonds is 3. The normalized spacial score (nSPS) is 23.8. The van der Waals surface area contributed by atoms with Crippen molar-refractivity contribution in [2.24, 2.45) is 0 Å². The first-order valence-corrected chi connectivity index (χ1v) is 10.3. The predicted molar refractivity (Wildman–Crippen MR) is 109 cm³/mol. The number of piperidine rings is 1. The van der Waals surface area contributed by atoms with Crippen LogP contribution in [-0.4, -0.2) is 50.8 Å². The van der Waals surface area contributed by atoms with Gasteiger partial charge in [-0.2, -0.15) is 5.10 Å². The van der Waals surface area contributed by atoms with Crippen LogP contribution in [0.25, 0.3) is 22.3 Å². The van der Waals surface area contributed by atoms with Crippen molar-refractivity contribution in [2.75, 3.05) is 18.4 Å². The minimum Gasteiger partial charge on any atom is -0.314 e. The number of hydrogen-bond donors (Lipinski definition) is 2. The molecule has 11 heteroatoms. The number of fused-ring (bicyclic) bond motifs is 2. The summed E-state index contributed by atoms with van der Waals surface area (Å²) in [4.78, 5) is 20.2. The van der Waals surface area contributed by atoms with Crippen molar-refractivity contribution in [3.05, 3.63) is 35.9 Å². The molecule has 0 radical (unpaired) electrons. The van der Waals surface area contributed by atoms with Crippen molar-refractivity contribution in [1.82, 2.24) is 25.1 Å². The summed E-state index contributed by atoms with van der Waals surface area (Å²) in [5.41, 5.74) is 0.731. The number of nitrogens with one attached hydrogen (secondary N) is 2. The van der Waals surface area contributed by atoms with E-state index in [9.17, 15) is 22.4 Å². The highest BCUT2D eigenvalue weighted by molar-refractivity contribution is 5.98. The van der Waals surface area contributed by atoms with Crippen molar-refractivity contribution >= 4 is 22.6 Å². The number of hydrogen-bond acceptors (Lipinski definition) is 5. The van der Waals surface area contributed by atoms with Gasteiger partial charge in [0.25, 0.3) is 5.92 Å². The number of halogens is 4. The van der Waals surface area contributed by atoms with Crippen molar-refractivity contribution in [2.45, 2.75) is 43.8 Å². The van der Waals surface area contributed by atoms with Gasteiger partial charge >= 0.3 is 0 Å². The molecule has 1 fully saturated rings. The van der Waals surface area contributed by atoms with E-state index < -0.39 is 42.2 Å². The van der Waals surface area contributed by atoms with E-state index in [0.29, 0.717) is 23.9 Å². The number of benzene rings is 1. The zero-order chi connectivity index (χ0) is 22.6. The number of aromatic nitrogens is 4. The number of anilines is 1. The summed E-state index contributed by atoms with van der Waals surface area (Å²) in [6.07, 6.45) is -0.0826. The third-order valence-corrected chi connectivity index (χ3v) is 6.07. The Morgan fingerprint density at radius 2 is 2.03 bits per heavy atom. The van der Waals surface area contributed by atoms with Gasteiger partial charge in [-0.15, -0.1) is 0 Å². The number of carbonyl (C=O) groups is 1. The Labute approximate surface area is 180 Å². The van der Waals surface area contributed by atoms with Crippen LogP contribution in [0.4, 0.5) is 23.4 Å². The lowest BCUT2D eigenvalue weighted by atomic mass is 9.85. The molecule has 2 aromatic heterocycles. The maximum atomic E-state index is 14.7. The lowest BCUT2D eigenvalue weighted by Crippen LogP contribution is -2.39. The average Bonchev–Trinajstić information content (AvgIpc) is 3.10. The van der Waals surface area contributed by atoms with Gasteiger partial charge in [-0.1, -0.05) is 0 Å². The number of nitrogens with zero attached hydrogens (tertiary/aromatic N) is 4. The highest BCUT2D eigenvalue weighted by Gasteiger charge is 2.44. The maximum Gasteiger partial charge on any atom is 0.252 e. The van der Waals surface area contributed by atoms with E-state index in [1.54, 1.807) is 0 Å². The topological polar surface area (TPSA) is 84.7 Å². The summed E-state index contributed by atoms with van der Waals surface area (Å²) in [6.45, 7) is 1.47. The van der Waals surface area contributed by atoms with E-state index in [1.807, 2.05) is 0 Å². The first-order valence-electron chi connectivity index (χ1n) is 10.3. The van der Waals surface area contributed by atoms with Gasteiger partial charge in [-0.05, 0) is 38.1 Å².